The van der Waals surface area contributed by atoms with Crippen molar-refractivity contribution in [2.75, 3.05) is 19.8 Å². The quantitative estimate of drug-likeness (QED) is 0.765. The van der Waals surface area contributed by atoms with E-state index < -0.39 is 0 Å². The summed E-state index contributed by atoms with van der Waals surface area (Å²) < 4.78 is 11.1. The number of ether oxygens (including phenoxy) is 2. The topological polar surface area (TPSA) is 30.5 Å². The average Bonchev–Trinajstić information content (AvgIpc) is 2.30. The molecule has 82 valence electrons. The van der Waals surface area contributed by atoms with E-state index >= 15 is 0 Å². The Bertz CT molecular complexity index is 325. The van der Waals surface area contributed by atoms with Crippen molar-refractivity contribution >= 4 is 0 Å². The molecule has 1 heterocycles. The molecule has 1 N–H and O–H groups in total. The number of hydrogen-bond donors (Lipinski definition) is 1. The van der Waals surface area contributed by atoms with Gasteiger partial charge in [0.25, 0.3) is 0 Å². The van der Waals surface area contributed by atoms with E-state index in [0.29, 0.717) is 13.2 Å². The molecule has 1 aliphatic heterocycles. The zero-order valence-corrected chi connectivity index (χ0v) is 9.08. The summed E-state index contributed by atoms with van der Waals surface area (Å²) in [5, 5.41) is 3.37. The van der Waals surface area contributed by atoms with Gasteiger partial charge in [-0.3, -0.25) is 0 Å². The molecule has 0 amide bonds. The van der Waals surface area contributed by atoms with Crippen molar-refractivity contribution < 1.29 is 9.47 Å². The predicted molar refractivity (Wildman–Crippen MR) is 59.4 cm³/mol. The molecule has 0 radical (unpaired) electrons. The van der Waals surface area contributed by atoms with Crippen LogP contribution < -0.4 is 14.8 Å². The van der Waals surface area contributed by atoms with Crippen molar-refractivity contribution in [1.82, 2.24) is 5.32 Å². The first-order valence-corrected chi connectivity index (χ1v) is 5.50. The van der Waals surface area contributed by atoms with Crippen molar-refractivity contribution in [3.63, 3.8) is 0 Å². The fraction of sp³-hybridized carbons (Fsp3) is 0.500. The van der Waals surface area contributed by atoms with Crippen molar-refractivity contribution in [3.05, 3.63) is 23.8 Å². The van der Waals surface area contributed by atoms with Crippen LogP contribution in [-0.2, 0) is 6.54 Å². The highest BCUT2D eigenvalue weighted by Crippen LogP contribution is 2.33. The van der Waals surface area contributed by atoms with Gasteiger partial charge in [-0.2, -0.15) is 0 Å². The molecule has 0 aliphatic carbocycles. The van der Waals surface area contributed by atoms with Crippen LogP contribution in [0, 0.1) is 0 Å². The number of para-hydroxylation sites is 1. The monoisotopic (exact) mass is 207 g/mol. The molecule has 0 aromatic heterocycles. The van der Waals surface area contributed by atoms with Crippen LogP contribution in [-0.4, -0.2) is 19.8 Å². The maximum absolute atomic E-state index is 5.62. The lowest BCUT2D eigenvalue weighted by Crippen LogP contribution is -2.19. The lowest BCUT2D eigenvalue weighted by atomic mass is 10.1. The van der Waals surface area contributed by atoms with Crippen LogP contribution in [0.2, 0.25) is 0 Å². The van der Waals surface area contributed by atoms with Crippen LogP contribution in [0.4, 0.5) is 0 Å². The molecule has 0 bridgehead atoms. The Kier molecular flexibility index (Phi) is 3.45. The molecular weight excluding hydrogens is 190 g/mol. The first-order valence-electron chi connectivity index (χ1n) is 5.50. The van der Waals surface area contributed by atoms with Gasteiger partial charge in [0.15, 0.2) is 11.5 Å². The molecule has 0 fully saturated rings. The van der Waals surface area contributed by atoms with Gasteiger partial charge in [0.2, 0.25) is 0 Å². The van der Waals surface area contributed by atoms with Gasteiger partial charge in [-0.25, -0.2) is 0 Å². The highest BCUT2D eigenvalue weighted by atomic mass is 16.6. The summed E-state index contributed by atoms with van der Waals surface area (Å²) in [7, 11) is 0. The highest BCUT2D eigenvalue weighted by Gasteiger charge is 2.14. The van der Waals surface area contributed by atoms with Gasteiger partial charge in [-0.1, -0.05) is 19.1 Å². The fourth-order valence-corrected chi connectivity index (χ4v) is 1.67. The lowest BCUT2D eigenvalue weighted by molar-refractivity contribution is 0.169. The van der Waals surface area contributed by atoms with E-state index in [0.717, 1.165) is 31.0 Å². The Hall–Kier alpha value is -1.22. The summed E-state index contributed by atoms with van der Waals surface area (Å²) in [4.78, 5) is 0. The lowest BCUT2D eigenvalue weighted by Gasteiger charge is -2.21. The molecule has 0 saturated heterocycles. The summed E-state index contributed by atoms with van der Waals surface area (Å²) in [5.41, 5.74) is 1.18. The number of nitrogens with one attached hydrogen (secondary N) is 1. The summed E-state index contributed by atoms with van der Waals surface area (Å²) >= 11 is 0. The number of fused-ring (bicyclic) bond motifs is 1. The summed E-state index contributed by atoms with van der Waals surface area (Å²) in [6.07, 6.45) is 1.15. The third kappa shape index (κ3) is 2.42. The molecule has 3 heteroatoms. The van der Waals surface area contributed by atoms with E-state index in [-0.39, 0.29) is 0 Å². The molecule has 3 nitrogen and oxygen atoms in total. The summed E-state index contributed by atoms with van der Waals surface area (Å²) in [6, 6.07) is 6.05. The first kappa shape index (κ1) is 10.3. The third-order valence-electron chi connectivity index (χ3n) is 2.39. The third-order valence-corrected chi connectivity index (χ3v) is 2.39. The summed E-state index contributed by atoms with van der Waals surface area (Å²) in [6.45, 7) is 5.34. The highest BCUT2D eigenvalue weighted by molar-refractivity contribution is 5.47. The standard InChI is InChI=1S/C12H17NO2/c1-2-6-13-9-10-4-3-5-11-12(10)15-8-7-14-11/h3-5,13H,2,6-9H2,1H3. The number of benzene rings is 1. The van der Waals surface area contributed by atoms with E-state index in [4.69, 9.17) is 9.47 Å². The van der Waals surface area contributed by atoms with Gasteiger partial charge >= 0.3 is 0 Å². The first-order chi connectivity index (χ1) is 7.42. The smallest absolute Gasteiger partial charge is 0.165 e. The number of rotatable bonds is 4. The zero-order valence-electron chi connectivity index (χ0n) is 9.08. The minimum Gasteiger partial charge on any atom is -0.486 e. The zero-order chi connectivity index (χ0) is 10.5. The molecule has 0 atom stereocenters. The van der Waals surface area contributed by atoms with Crippen LogP contribution in [0.3, 0.4) is 0 Å². The maximum atomic E-state index is 5.62. The van der Waals surface area contributed by atoms with Crippen LogP contribution in [0.25, 0.3) is 0 Å². The molecular formula is C12H17NO2. The van der Waals surface area contributed by atoms with Gasteiger partial charge in [-0.15, -0.1) is 0 Å². The van der Waals surface area contributed by atoms with Crippen molar-refractivity contribution in [2.45, 2.75) is 19.9 Å². The summed E-state index contributed by atoms with van der Waals surface area (Å²) in [5.74, 6) is 1.78. The maximum Gasteiger partial charge on any atom is 0.165 e. The van der Waals surface area contributed by atoms with Gasteiger partial charge in [0, 0.05) is 12.1 Å². The second kappa shape index (κ2) is 5.03. The van der Waals surface area contributed by atoms with E-state index in [1.165, 1.54) is 5.56 Å². The molecule has 0 unspecified atom stereocenters. The van der Waals surface area contributed by atoms with Crippen LogP contribution in [0.15, 0.2) is 18.2 Å². The Morgan fingerprint density at radius 3 is 3.00 bits per heavy atom. The Morgan fingerprint density at radius 1 is 1.27 bits per heavy atom. The Balaban J connectivity index is 2.09. The molecule has 0 spiro atoms. The van der Waals surface area contributed by atoms with Crippen molar-refractivity contribution in [2.24, 2.45) is 0 Å². The van der Waals surface area contributed by atoms with Gasteiger partial charge in [0.05, 0.1) is 0 Å². The largest absolute Gasteiger partial charge is 0.486 e. The minimum atomic E-state index is 0.651. The van der Waals surface area contributed by atoms with E-state index in [1.54, 1.807) is 0 Å². The van der Waals surface area contributed by atoms with Gasteiger partial charge in [-0.05, 0) is 19.0 Å². The molecule has 1 aromatic rings. The fourth-order valence-electron chi connectivity index (χ4n) is 1.67. The van der Waals surface area contributed by atoms with Crippen molar-refractivity contribution in [3.8, 4) is 11.5 Å². The predicted octanol–water partition coefficient (Wildman–Crippen LogP) is 1.96. The van der Waals surface area contributed by atoms with E-state index in [9.17, 15) is 0 Å². The van der Waals surface area contributed by atoms with Crippen LogP contribution in [0.1, 0.15) is 18.9 Å². The molecule has 0 saturated carbocycles. The molecule has 2 rings (SSSR count). The molecule has 15 heavy (non-hydrogen) atoms. The Morgan fingerprint density at radius 2 is 2.13 bits per heavy atom. The Labute approximate surface area is 90.4 Å². The van der Waals surface area contributed by atoms with Crippen LogP contribution >= 0.6 is 0 Å². The average molecular weight is 207 g/mol. The van der Waals surface area contributed by atoms with Crippen molar-refractivity contribution in [1.29, 1.82) is 0 Å². The second-order valence-corrected chi connectivity index (χ2v) is 3.62. The van der Waals surface area contributed by atoms with Gasteiger partial charge < -0.3 is 14.8 Å². The van der Waals surface area contributed by atoms with E-state index in [1.807, 2.05) is 12.1 Å². The molecule has 1 aromatic carbocycles. The normalized spacial score (nSPS) is 13.9. The molecule has 1 aliphatic rings. The number of hydrogen-bond acceptors (Lipinski definition) is 3. The minimum absolute atomic E-state index is 0.651. The second-order valence-electron chi connectivity index (χ2n) is 3.62. The van der Waals surface area contributed by atoms with E-state index in [2.05, 4.69) is 18.3 Å². The SMILES string of the molecule is CCCNCc1cccc2c1OCCO2. The van der Waals surface area contributed by atoms with Crippen LogP contribution in [0.5, 0.6) is 11.5 Å². The van der Waals surface area contributed by atoms with Gasteiger partial charge in [0.1, 0.15) is 13.2 Å².